The Labute approximate surface area is 130 Å². The average Bonchev–Trinajstić information content (AvgIpc) is 2.76. The third-order valence-electron chi connectivity index (χ3n) is 3.67. The zero-order valence-electron chi connectivity index (χ0n) is 12.1. The Bertz CT molecular complexity index is 744. The maximum atomic E-state index is 13.7. The molecule has 1 aromatic rings. The molecule has 0 saturated heterocycles. The Morgan fingerprint density at radius 1 is 1.26 bits per heavy atom. The molecule has 3 rings (SSSR count). The number of halogens is 1. The van der Waals surface area contributed by atoms with Gasteiger partial charge in [-0.3, -0.25) is 19.3 Å². The molecule has 0 spiro atoms. The Balaban J connectivity index is 1.91. The van der Waals surface area contributed by atoms with Crippen molar-refractivity contribution in [2.75, 3.05) is 23.8 Å². The molecule has 2 heterocycles. The number of fused-ring (bicyclic) bond motifs is 1. The highest BCUT2D eigenvalue weighted by Crippen LogP contribution is 2.33. The summed E-state index contributed by atoms with van der Waals surface area (Å²) in [5.41, 5.74) is 1.21. The van der Waals surface area contributed by atoms with Crippen LogP contribution in [0.2, 0.25) is 0 Å². The summed E-state index contributed by atoms with van der Waals surface area (Å²) >= 11 is 0. The number of amides is 3. The van der Waals surface area contributed by atoms with Gasteiger partial charge in [-0.05, 0) is 24.1 Å². The lowest BCUT2D eigenvalue weighted by atomic mass is 10.0. The van der Waals surface area contributed by atoms with Crippen molar-refractivity contribution in [3.05, 3.63) is 35.3 Å². The second kappa shape index (κ2) is 5.81. The lowest BCUT2D eigenvalue weighted by Crippen LogP contribution is -2.34. The predicted molar refractivity (Wildman–Crippen MR) is 78.9 cm³/mol. The largest absolute Gasteiger partial charge is 0.395 e. The maximum absolute atomic E-state index is 13.7. The van der Waals surface area contributed by atoms with Gasteiger partial charge < -0.3 is 15.7 Å². The monoisotopic (exact) mass is 319 g/mol. The van der Waals surface area contributed by atoms with E-state index in [2.05, 4.69) is 10.6 Å². The molecule has 2 aliphatic rings. The van der Waals surface area contributed by atoms with Crippen molar-refractivity contribution in [2.24, 2.45) is 0 Å². The first-order valence-electron chi connectivity index (χ1n) is 7.07. The lowest BCUT2D eigenvalue weighted by Gasteiger charge is -2.21. The number of nitrogens with one attached hydrogen (secondary N) is 2. The number of rotatable bonds is 4. The van der Waals surface area contributed by atoms with E-state index in [4.69, 9.17) is 5.11 Å². The summed E-state index contributed by atoms with van der Waals surface area (Å²) in [4.78, 5) is 36.3. The third kappa shape index (κ3) is 2.80. The van der Waals surface area contributed by atoms with Gasteiger partial charge in [-0.2, -0.15) is 0 Å². The standard InChI is InChI=1S/C15H14FN3O4/c16-9-5-8-1-2-12(21)18-14(8)10(6-9)17-11-7-13(22)19(3-4-20)15(11)23/h5-7,17,20H,1-4H2,(H,18,21). The van der Waals surface area contributed by atoms with E-state index in [-0.39, 0.29) is 36.9 Å². The zero-order valence-corrected chi connectivity index (χ0v) is 12.1. The van der Waals surface area contributed by atoms with Crippen LogP contribution in [0.4, 0.5) is 15.8 Å². The molecule has 0 fully saturated rings. The Hall–Kier alpha value is -2.74. The molecule has 0 aromatic heterocycles. The van der Waals surface area contributed by atoms with Gasteiger partial charge in [0.05, 0.1) is 24.5 Å². The second-order valence-corrected chi connectivity index (χ2v) is 5.24. The minimum Gasteiger partial charge on any atom is -0.395 e. The fourth-order valence-electron chi connectivity index (χ4n) is 2.61. The van der Waals surface area contributed by atoms with Gasteiger partial charge in [-0.25, -0.2) is 4.39 Å². The molecule has 8 heteroatoms. The summed E-state index contributed by atoms with van der Waals surface area (Å²) in [5, 5.41) is 14.2. The summed E-state index contributed by atoms with van der Waals surface area (Å²) in [5.74, 6) is -1.87. The topological polar surface area (TPSA) is 98.7 Å². The molecule has 23 heavy (non-hydrogen) atoms. The van der Waals surface area contributed by atoms with Crippen molar-refractivity contribution < 1.29 is 23.9 Å². The quantitative estimate of drug-likeness (QED) is 0.696. The zero-order chi connectivity index (χ0) is 16.6. The van der Waals surface area contributed by atoms with Crippen LogP contribution in [0.3, 0.4) is 0 Å². The number of aliphatic hydroxyl groups excluding tert-OH is 1. The number of carbonyl (C=O) groups excluding carboxylic acids is 3. The Morgan fingerprint density at radius 3 is 2.78 bits per heavy atom. The van der Waals surface area contributed by atoms with Crippen LogP contribution in [-0.2, 0) is 20.8 Å². The maximum Gasteiger partial charge on any atom is 0.277 e. The predicted octanol–water partition coefficient (Wildman–Crippen LogP) is 0.367. The number of carbonyl (C=O) groups is 3. The first-order chi connectivity index (χ1) is 11.0. The van der Waals surface area contributed by atoms with Gasteiger partial charge in [-0.15, -0.1) is 0 Å². The molecular weight excluding hydrogens is 305 g/mol. The molecule has 3 amide bonds. The lowest BCUT2D eigenvalue weighted by molar-refractivity contribution is -0.137. The van der Waals surface area contributed by atoms with Crippen LogP contribution >= 0.6 is 0 Å². The summed E-state index contributed by atoms with van der Waals surface area (Å²) in [6, 6.07) is 2.48. The van der Waals surface area contributed by atoms with Crippen LogP contribution in [0.1, 0.15) is 12.0 Å². The Kier molecular flexibility index (Phi) is 3.83. The van der Waals surface area contributed by atoms with Crippen molar-refractivity contribution in [3.8, 4) is 0 Å². The van der Waals surface area contributed by atoms with Crippen LogP contribution < -0.4 is 10.6 Å². The van der Waals surface area contributed by atoms with Crippen LogP contribution in [0.15, 0.2) is 23.9 Å². The van der Waals surface area contributed by atoms with E-state index in [0.29, 0.717) is 17.7 Å². The summed E-state index contributed by atoms with van der Waals surface area (Å²) < 4.78 is 13.7. The molecule has 0 aliphatic carbocycles. The molecule has 120 valence electrons. The van der Waals surface area contributed by atoms with Gasteiger partial charge in [0, 0.05) is 12.5 Å². The summed E-state index contributed by atoms with van der Waals surface area (Å²) in [6.07, 6.45) is 1.75. The van der Waals surface area contributed by atoms with Crippen LogP contribution in [0, 0.1) is 5.82 Å². The summed E-state index contributed by atoms with van der Waals surface area (Å²) in [6.45, 7) is -0.457. The fraction of sp³-hybridized carbons (Fsp3) is 0.267. The molecule has 0 saturated carbocycles. The smallest absolute Gasteiger partial charge is 0.277 e. The van der Waals surface area contributed by atoms with Gasteiger partial charge in [0.15, 0.2) is 0 Å². The molecule has 1 aromatic carbocycles. The number of hydrogen-bond donors (Lipinski definition) is 3. The van der Waals surface area contributed by atoms with Gasteiger partial charge in [0.1, 0.15) is 11.5 Å². The van der Waals surface area contributed by atoms with E-state index < -0.39 is 17.6 Å². The molecule has 0 atom stereocenters. The van der Waals surface area contributed by atoms with E-state index in [0.717, 1.165) is 17.0 Å². The number of β-amino-alcohol motifs (C(OH)–C–C–N with tert-alkyl or cyclic N) is 1. The van der Waals surface area contributed by atoms with Crippen molar-refractivity contribution in [1.82, 2.24) is 4.90 Å². The first kappa shape index (κ1) is 15.2. The first-order valence-corrected chi connectivity index (χ1v) is 7.07. The van der Waals surface area contributed by atoms with E-state index in [9.17, 15) is 18.8 Å². The number of aryl methyl sites for hydroxylation is 1. The molecule has 3 N–H and O–H groups in total. The van der Waals surface area contributed by atoms with Crippen LogP contribution in [-0.4, -0.2) is 40.9 Å². The third-order valence-corrected chi connectivity index (χ3v) is 3.67. The fourth-order valence-corrected chi connectivity index (χ4v) is 2.61. The SMILES string of the molecule is O=C1CCc2cc(F)cc(NC3=CC(=O)N(CCO)C3=O)c2N1. The minimum atomic E-state index is -0.607. The number of imide groups is 1. The molecule has 0 unspecified atom stereocenters. The van der Waals surface area contributed by atoms with Gasteiger partial charge >= 0.3 is 0 Å². The number of benzene rings is 1. The van der Waals surface area contributed by atoms with E-state index in [1.807, 2.05) is 0 Å². The van der Waals surface area contributed by atoms with Crippen LogP contribution in [0.25, 0.3) is 0 Å². The summed E-state index contributed by atoms with van der Waals surface area (Å²) in [7, 11) is 0. The normalized spacial score (nSPS) is 17.0. The van der Waals surface area contributed by atoms with Gasteiger partial charge in [-0.1, -0.05) is 0 Å². The Morgan fingerprint density at radius 2 is 2.04 bits per heavy atom. The molecule has 7 nitrogen and oxygen atoms in total. The molecular formula is C15H14FN3O4. The minimum absolute atomic E-state index is 0.0314. The molecule has 2 aliphatic heterocycles. The number of nitrogens with zero attached hydrogens (tertiary/aromatic N) is 1. The molecule has 0 bridgehead atoms. The van der Waals surface area contributed by atoms with Crippen molar-refractivity contribution >= 4 is 29.1 Å². The van der Waals surface area contributed by atoms with Crippen LogP contribution in [0.5, 0.6) is 0 Å². The number of hydrogen-bond acceptors (Lipinski definition) is 5. The number of aliphatic hydroxyl groups is 1. The molecule has 0 radical (unpaired) electrons. The van der Waals surface area contributed by atoms with Gasteiger partial charge in [0.2, 0.25) is 5.91 Å². The van der Waals surface area contributed by atoms with Gasteiger partial charge in [0.25, 0.3) is 11.8 Å². The number of anilines is 2. The van der Waals surface area contributed by atoms with E-state index >= 15 is 0 Å². The second-order valence-electron chi connectivity index (χ2n) is 5.24. The highest BCUT2D eigenvalue weighted by atomic mass is 19.1. The van der Waals surface area contributed by atoms with Crippen molar-refractivity contribution in [3.63, 3.8) is 0 Å². The van der Waals surface area contributed by atoms with Crippen molar-refractivity contribution in [1.29, 1.82) is 0 Å². The highest BCUT2D eigenvalue weighted by Gasteiger charge is 2.31. The van der Waals surface area contributed by atoms with E-state index in [1.165, 1.54) is 6.07 Å². The van der Waals surface area contributed by atoms with E-state index in [1.54, 1.807) is 0 Å². The highest BCUT2D eigenvalue weighted by molar-refractivity contribution is 6.17. The van der Waals surface area contributed by atoms with Crippen molar-refractivity contribution in [2.45, 2.75) is 12.8 Å². The average molecular weight is 319 g/mol.